The van der Waals surface area contributed by atoms with Crippen molar-refractivity contribution in [1.29, 1.82) is 0 Å². The standard InChI is InChI=1S/C19H20N2O2S/c1-14-7-9-15(10-8-14)13-18(22)20-19-21(11-12-23-2)16-5-3-4-6-17(16)24-19/h3-10H,11-13H2,1-2H3. The van der Waals surface area contributed by atoms with Gasteiger partial charge in [-0.05, 0) is 24.6 Å². The van der Waals surface area contributed by atoms with Crippen molar-refractivity contribution in [3.63, 3.8) is 0 Å². The van der Waals surface area contributed by atoms with E-state index >= 15 is 0 Å². The first-order chi connectivity index (χ1) is 11.7. The second kappa shape index (κ2) is 7.55. The van der Waals surface area contributed by atoms with E-state index in [1.165, 1.54) is 16.9 Å². The number of hydrogen-bond acceptors (Lipinski definition) is 3. The number of aromatic nitrogens is 1. The molecule has 5 heteroatoms. The lowest BCUT2D eigenvalue weighted by atomic mass is 10.1. The van der Waals surface area contributed by atoms with Crippen LogP contribution in [0.15, 0.2) is 53.5 Å². The summed E-state index contributed by atoms with van der Waals surface area (Å²) < 4.78 is 8.36. The van der Waals surface area contributed by atoms with Crippen LogP contribution in [0.3, 0.4) is 0 Å². The van der Waals surface area contributed by atoms with Crippen LogP contribution in [0.5, 0.6) is 0 Å². The topological polar surface area (TPSA) is 43.6 Å². The molecule has 1 heterocycles. The minimum absolute atomic E-state index is 0.128. The number of fused-ring (bicyclic) bond motifs is 1. The van der Waals surface area contributed by atoms with Crippen molar-refractivity contribution in [2.45, 2.75) is 19.9 Å². The van der Waals surface area contributed by atoms with Crippen LogP contribution in [0.25, 0.3) is 10.2 Å². The molecule has 4 nitrogen and oxygen atoms in total. The number of rotatable bonds is 5. The minimum Gasteiger partial charge on any atom is -0.383 e. The van der Waals surface area contributed by atoms with Gasteiger partial charge in [-0.2, -0.15) is 4.99 Å². The van der Waals surface area contributed by atoms with Gasteiger partial charge in [0.2, 0.25) is 0 Å². The lowest BCUT2D eigenvalue weighted by Gasteiger charge is -2.04. The molecule has 0 saturated carbocycles. The van der Waals surface area contributed by atoms with Gasteiger partial charge in [-0.3, -0.25) is 4.79 Å². The highest BCUT2D eigenvalue weighted by Gasteiger charge is 2.08. The molecule has 124 valence electrons. The number of carbonyl (C=O) groups excluding carboxylic acids is 1. The van der Waals surface area contributed by atoms with Crippen LogP contribution < -0.4 is 4.80 Å². The van der Waals surface area contributed by atoms with Crippen molar-refractivity contribution >= 4 is 27.5 Å². The van der Waals surface area contributed by atoms with Gasteiger partial charge in [-0.15, -0.1) is 0 Å². The predicted octanol–water partition coefficient (Wildman–Crippen LogP) is 3.33. The summed E-state index contributed by atoms with van der Waals surface area (Å²) in [6, 6.07) is 16.1. The zero-order valence-electron chi connectivity index (χ0n) is 13.9. The van der Waals surface area contributed by atoms with Crippen molar-refractivity contribution in [1.82, 2.24) is 4.57 Å². The summed E-state index contributed by atoms with van der Waals surface area (Å²) in [6.45, 7) is 3.29. The number of thiazole rings is 1. The minimum atomic E-state index is -0.128. The Hall–Kier alpha value is -2.24. The quantitative estimate of drug-likeness (QED) is 0.715. The summed E-state index contributed by atoms with van der Waals surface area (Å²) in [6.07, 6.45) is 0.318. The van der Waals surface area contributed by atoms with E-state index in [9.17, 15) is 4.79 Å². The van der Waals surface area contributed by atoms with Gasteiger partial charge in [0.15, 0.2) is 4.80 Å². The third-order valence-corrected chi connectivity index (χ3v) is 4.86. The third kappa shape index (κ3) is 3.80. The highest BCUT2D eigenvalue weighted by Crippen LogP contribution is 2.16. The smallest absolute Gasteiger partial charge is 0.252 e. The highest BCUT2D eigenvalue weighted by molar-refractivity contribution is 7.16. The van der Waals surface area contributed by atoms with Gasteiger partial charge in [-0.25, -0.2) is 0 Å². The first-order valence-electron chi connectivity index (χ1n) is 7.88. The fraction of sp³-hybridized carbons (Fsp3) is 0.263. The van der Waals surface area contributed by atoms with Crippen molar-refractivity contribution in [2.75, 3.05) is 13.7 Å². The number of para-hydroxylation sites is 1. The Morgan fingerprint density at radius 3 is 2.67 bits per heavy atom. The van der Waals surface area contributed by atoms with Crippen LogP contribution in [0.4, 0.5) is 0 Å². The molecular weight excluding hydrogens is 320 g/mol. The molecule has 0 unspecified atom stereocenters. The molecule has 3 aromatic rings. The molecule has 0 atom stereocenters. The number of amides is 1. The molecular formula is C19H20N2O2S. The van der Waals surface area contributed by atoms with E-state index in [2.05, 4.69) is 9.56 Å². The zero-order valence-corrected chi connectivity index (χ0v) is 14.7. The van der Waals surface area contributed by atoms with Crippen LogP contribution in [0.2, 0.25) is 0 Å². The number of benzene rings is 2. The Morgan fingerprint density at radius 2 is 1.92 bits per heavy atom. The van der Waals surface area contributed by atoms with Gasteiger partial charge < -0.3 is 9.30 Å². The van der Waals surface area contributed by atoms with Gasteiger partial charge in [0.1, 0.15) is 0 Å². The van der Waals surface area contributed by atoms with Gasteiger partial charge in [0.05, 0.1) is 23.2 Å². The summed E-state index contributed by atoms with van der Waals surface area (Å²) in [5.74, 6) is -0.128. The maximum atomic E-state index is 12.4. The third-order valence-electron chi connectivity index (χ3n) is 3.80. The SMILES string of the molecule is COCCn1c(=NC(=O)Cc2ccc(C)cc2)sc2ccccc21. The molecule has 0 bridgehead atoms. The molecule has 1 aromatic heterocycles. The molecule has 24 heavy (non-hydrogen) atoms. The average molecular weight is 340 g/mol. The molecule has 0 fully saturated rings. The number of ether oxygens (including phenoxy) is 1. The number of hydrogen-bond donors (Lipinski definition) is 0. The molecule has 0 aliphatic carbocycles. The summed E-state index contributed by atoms with van der Waals surface area (Å²) in [5.41, 5.74) is 3.25. The van der Waals surface area contributed by atoms with Gasteiger partial charge in [0, 0.05) is 13.7 Å². The van der Waals surface area contributed by atoms with E-state index in [4.69, 9.17) is 4.74 Å². The molecule has 0 saturated heterocycles. The van der Waals surface area contributed by atoms with E-state index in [0.29, 0.717) is 19.6 Å². The van der Waals surface area contributed by atoms with Gasteiger partial charge >= 0.3 is 0 Å². The molecule has 2 aromatic carbocycles. The predicted molar refractivity (Wildman–Crippen MR) is 97.1 cm³/mol. The van der Waals surface area contributed by atoms with Crippen molar-refractivity contribution < 1.29 is 9.53 Å². The fourth-order valence-electron chi connectivity index (χ4n) is 2.53. The van der Waals surface area contributed by atoms with Crippen LogP contribution in [0, 0.1) is 6.92 Å². The van der Waals surface area contributed by atoms with Crippen LogP contribution in [-0.4, -0.2) is 24.2 Å². The number of methoxy groups -OCH3 is 1. The second-order valence-electron chi connectivity index (χ2n) is 5.66. The summed E-state index contributed by atoms with van der Waals surface area (Å²) >= 11 is 1.54. The Balaban J connectivity index is 1.93. The Labute approximate surface area is 145 Å². The number of nitrogens with zero attached hydrogens (tertiary/aromatic N) is 2. The monoisotopic (exact) mass is 340 g/mol. The summed E-state index contributed by atoms with van der Waals surface area (Å²) in [5, 5.41) is 0. The molecule has 1 amide bonds. The van der Waals surface area contributed by atoms with Crippen LogP contribution >= 0.6 is 11.3 Å². The maximum absolute atomic E-state index is 12.4. The fourth-order valence-corrected chi connectivity index (χ4v) is 3.60. The lowest BCUT2D eigenvalue weighted by molar-refractivity contribution is -0.117. The molecule has 0 spiro atoms. The largest absolute Gasteiger partial charge is 0.383 e. The normalized spacial score (nSPS) is 12.0. The van der Waals surface area contributed by atoms with E-state index in [-0.39, 0.29) is 5.91 Å². The van der Waals surface area contributed by atoms with Crippen LogP contribution in [0.1, 0.15) is 11.1 Å². The Kier molecular flexibility index (Phi) is 5.23. The highest BCUT2D eigenvalue weighted by atomic mass is 32.1. The molecule has 0 aliphatic heterocycles. The molecule has 3 rings (SSSR count). The van der Waals surface area contributed by atoms with E-state index in [1.54, 1.807) is 7.11 Å². The van der Waals surface area contributed by atoms with Crippen LogP contribution in [-0.2, 0) is 22.5 Å². The second-order valence-corrected chi connectivity index (χ2v) is 6.67. The van der Waals surface area contributed by atoms with E-state index in [0.717, 1.165) is 20.6 Å². The van der Waals surface area contributed by atoms with E-state index < -0.39 is 0 Å². The molecule has 0 N–H and O–H groups in total. The van der Waals surface area contributed by atoms with Crippen molar-refractivity contribution in [3.8, 4) is 0 Å². The van der Waals surface area contributed by atoms with Gasteiger partial charge in [0.25, 0.3) is 5.91 Å². The molecule has 0 aliphatic rings. The Bertz CT molecular complexity index is 907. The number of carbonyl (C=O) groups is 1. The average Bonchev–Trinajstić information content (AvgIpc) is 2.92. The van der Waals surface area contributed by atoms with Crippen molar-refractivity contribution in [2.24, 2.45) is 4.99 Å². The first-order valence-corrected chi connectivity index (χ1v) is 8.69. The van der Waals surface area contributed by atoms with Crippen molar-refractivity contribution in [3.05, 3.63) is 64.5 Å². The summed E-state index contributed by atoms with van der Waals surface area (Å²) in [7, 11) is 1.68. The maximum Gasteiger partial charge on any atom is 0.252 e. The van der Waals surface area contributed by atoms with E-state index in [1.807, 2.05) is 55.5 Å². The lowest BCUT2D eigenvalue weighted by Crippen LogP contribution is -2.19. The molecule has 0 radical (unpaired) electrons. The summed E-state index contributed by atoms with van der Waals surface area (Å²) in [4.78, 5) is 17.4. The number of aryl methyl sites for hydroxylation is 1. The Morgan fingerprint density at radius 1 is 1.17 bits per heavy atom. The first kappa shape index (κ1) is 16.6. The zero-order chi connectivity index (χ0) is 16.9. The van der Waals surface area contributed by atoms with Gasteiger partial charge in [-0.1, -0.05) is 53.3 Å².